The zero-order valence-corrected chi connectivity index (χ0v) is 16.5. The summed E-state index contributed by atoms with van der Waals surface area (Å²) in [5, 5.41) is 0. The van der Waals surface area contributed by atoms with Crippen LogP contribution >= 0.6 is 10.7 Å². The van der Waals surface area contributed by atoms with E-state index in [1.54, 1.807) is 4.90 Å². The molecule has 0 aromatic heterocycles. The molecule has 3 unspecified atom stereocenters. The van der Waals surface area contributed by atoms with E-state index >= 15 is 0 Å². The third-order valence-corrected chi connectivity index (χ3v) is 7.18. The zero-order chi connectivity index (χ0) is 19.2. The molecule has 3 heterocycles. The molecule has 2 aromatic rings. The fourth-order valence-electron chi connectivity index (χ4n) is 4.39. The van der Waals surface area contributed by atoms with Gasteiger partial charge in [-0.25, -0.2) is 9.69 Å². The van der Waals surface area contributed by atoms with Crippen molar-refractivity contribution in [1.82, 2.24) is 14.1 Å². The van der Waals surface area contributed by atoms with Gasteiger partial charge in [0.15, 0.2) is 5.66 Å². The lowest BCUT2D eigenvalue weighted by Gasteiger charge is -2.37. The predicted octanol–water partition coefficient (Wildman–Crippen LogP) is 2.86. The van der Waals surface area contributed by atoms with Crippen molar-refractivity contribution in [2.75, 3.05) is 13.1 Å². The molecule has 0 bridgehead atoms. The fraction of sp³-hybridized carbons (Fsp3) is 0.316. The van der Waals surface area contributed by atoms with Crippen LogP contribution < -0.4 is 0 Å². The SMILES string of the molecule is Cc1ccc(C23CN2C(=O)N(S(=O)(=O)Cl)C2(c4ccc(C)cc4)CN32)cc1. The van der Waals surface area contributed by atoms with Gasteiger partial charge in [-0.1, -0.05) is 59.7 Å². The highest BCUT2D eigenvalue weighted by molar-refractivity contribution is 8.12. The first kappa shape index (κ1) is 17.0. The summed E-state index contributed by atoms with van der Waals surface area (Å²) in [4.78, 5) is 16.7. The summed E-state index contributed by atoms with van der Waals surface area (Å²) in [6.07, 6.45) is 0. The number of hydrogen-bond donors (Lipinski definition) is 0. The Labute approximate surface area is 162 Å². The predicted molar refractivity (Wildman–Crippen MR) is 101 cm³/mol. The number of halogens is 1. The van der Waals surface area contributed by atoms with E-state index in [0.29, 0.717) is 13.1 Å². The van der Waals surface area contributed by atoms with Gasteiger partial charge in [-0.15, -0.1) is 0 Å². The summed E-state index contributed by atoms with van der Waals surface area (Å²) in [6, 6.07) is 15.0. The Morgan fingerprint density at radius 1 is 0.852 bits per heavy atom. The highest BCUT2D eigenvalue weighted by Gasteiger charge is 2.82. The summed E-state index contributed by atoms with van der Waals surface area (Å²) in [7, 11) is 1.47. The molecule has 3 fully saturated rings. The molecule has 2 amide bonds. The van der Waals surface area contributed by atoms with Crippen LogP contribution in [-0.2, 0) is 20.6 Å². The number of aryl methyl sites for hydroxylation is 2. The topological polar surface area (TPSA) is 60.5 Å². The summed E-state index contributed by atoms with van der Waals surface area (Å²) < 4.78 is 25.5. The molecule has 8 heteroatoms. The zero-order valence-electron chi connectivity index (χ0n) is 14.9. The standard InChI is InChI=1S/C19H18ClN3O3S/c1-13-3-7-15(8-4-13)18-11-21(18)17(24)23(27(20,25)26)19(12-22(18)19)16-9-5-14(2)6-10-16/h3-10H,11-12H2,1-2H3. The van der Waals surface area contributed by atoms with Gasteiger partial charge in [0.25, 0.3) is 0 Å². The highest BCUT2D eigenvalue weighted by Crippen LogP contribution is 2.65. The maximum absolute atomic E-state index is 13.1. The third-order valence-electron chi connectivity index (χ3n) is 5.88. The van der Waals surface area contributed by atoms with Crippen molar-refractivity contribution in [3.05, 3.63) is 70.8 Å². The monoisotopic (exact) mass is 403 g/mol. The first-order valence-corrected chi connectivity index (χ1v) is 11.0. The van der Waals surface area contributed by atoms with Crippen LogP contribution in [0.5, 0.6) is 0 Å². The summed E-state index contributed by atoms with van der Waals surface area (Å²) >= 11 is 0. The third kappa shape index (κ3) is 2.10. The molecule has 0 aliphatic carbocycles. The van der Waals surface area contributed by atoms with Gasteiger partial charge in [-0.3, -0.25) is 4.90 Å². The molecule has 0 spiro atoms. The maximum atomic E-state index is 13.1. The molecule has 140 valence electrons. The Bertz CT molecular complexity index is 1070. The molecule has 3 aliphatic heterocycles. The molecule has 0 radical (unpaired) electrons. The lowest BCUT2D eigenvalue weighted by Crippen LogP contribution is -2.54. The molecule has 27 heavy (non-hydrogen) atoms. The highest BCUT2D eigenvalue weighted by atomic mass is 35.7. The first-order valence-electron chi connectivity index (χ1n) is 8.70. The second kappa shape index (κ2) is 5.04. The quantitative estimate of drug-likeness (QED) is 0.584. The van der Waals surface area contributed by atoms with E-state index in [1.807, 2.05) is 62.4 Å². The molecule has 0 saturated carbocycles. The lowest BCUT2D eigenvalue weighted by molar-refractivity contribution is 0.101. The Balaban J connectivity index is 1.68. The number of urea groups is 1. The van der Waals surface area contributed by atoms with Crippen LogP contribution in [0.4, 0.5) is 4.79 Å². The van der Waals surface area contributed by atoms with Crippen molar-refractivity contribution in [1.29, 1.82) is 0 Å². The Kier molecular flexibility index (Phi) is 3.18. The molecule has 3 saturated heterocycles. The molecule has 6 nitrogen and oxygen atoms in total. The average molecular weight is 404 g/mol. The summed E-state index contributed by atoms with van der Waals surface area (Å²) in [5.41, 5.74) is 2.26. The maximum Gasteiger partial charge on any atom is 0.338 e. The fourth-order valence-corrected chi connectivity index (χ4v) is 5.81. The van der Waals surface area contributed by atoms with Gasteiger partial charge in [0.05, 0.1) is 6.54 Å². The smallest absolute Gasteiger partial charge is 0.295 e. The van der Waals surface area contributed by atoms with Gasteiger partial charge in [0.2, 0.25) is 0 Å². The number of fused-ring (bicyclic) bond motifs is 3. The minimum absolute atomic E-state index is 0.415. The van der Waals surface area contributed by atoms with Crippen LogP contribution in [0.15, 0.2) is 48.5 Å². The summed E-state index contributed by atoms with van der Waals surface area (Å²) in [6.45, 7) is 4.84. The molecule has 3 aliphatic rings. The van der Waals surface area contributed by atoms with Crippen molar-refractivity contribution < 1.29 is 13.2 Å². The van der Waals surface area contributed by atoms with Crippen molar-refractivity contribution in [3.8, 4) is 0 Å². The second-order valence-corrected chi connectivity index (χ2v) is 9.89. The van der Waals surface area contributed by atoms with E-state index in [4.69, 9.17) is 10.7 Å². The number of rotatable bonds is 3. The molecule has 3 atom stereocenters. The lowest BCUT2D eigenvalue weighted by atomic mass is 10.0. The minimum atomic E-state index is -4.25. The van der Waals surface area contributed by atoms with Crippen LogP contribution in [0.1, 0.15) is 22.3 Å². The van der Waals surface area contributed by atoms with Gasteiger partial charge < -0.3 is 0 Å². The van der Waals surface area contributed by atoms with E-state index < -0.39 is 26.6 Å². The van der Waals surface area contributed by atoms with Crippen LogP contribution in [0.3, 0.4) is 0 Å². The van der Waals surface area contributed by atoms with Crippen molar-refractivity contribution in [3.63, 3.8) is 0 Å². The van der Waals surface area contributed by atoms with Gasteiger partial charge >= 0.3 is 15.3 Å². The van der Waals surface area contributed by atoms with Gasteiger partial charge in [-0.2, -0.15) is 12.7 Å². The number of carbonyl (C=O) groups is 1. The van der Waals surface area contributed by atoms with Gasteiger partial charge in [0.1, 0.15) is 5.66 Å². The van der Waals surface area contributed by atoms with E-state index in [9.17, 15) is 13.2 Å². The Hall–Kier alpha value is -2.09. The van der Waals surface area contributed by atoms with Gasteiger partial charge in [0, 0.05) is 17.2 Å². The van der Waals surface area contributed by atoms with Crippen molar-refractivity contribution in [2.45, 2.75) is 25.2 Å². The molecule has 2 aromatic carbocycles. The number of carbonyl (C=O) groups excluding carboxylic acids is 1. The van der Waals surface area contributed by atoms with Crippen LogP contribution in [0, 0.1) is 13.8 Å². The normalized spacial score (nSPS) is 31.4. The van der Waals surface area contributed by atoms with Gasteiger partial charge in [-0.05, 0) is 25.0 Å². The number of nitrogens with zero attached hydrogens (tertiary/aromatic N) is 3. The van der Waals surface area contributed by atoms with Crippen molar-refractivity contribution in [2.24, 2.45) is 0 Å². The Morgan fingerprint density at radius 2 is 1.33 bits per heavy atom. The second-order valence-electron chi connectivity index (χ2n) is 7.53. The first-order chi connectivity index (χ1) is 12.7. The summed E-state index contributed by atoms with van der Waals surface area (Å²) in [5.74, 6) is 0. The van der Waals surface area contributed by atoms with E-state index in [0.717, 1.165) is 26.6 Å². The number of amides is 2. The Morgan fingerprint density at radius 3 is 1.81 bits per heavy atom. The number of benzene rings is 2. The van der Waals surface area contributed by atoms with E-state index in [1.165, 1.54) is 0 Å². The van der Waals surface area contributed by atoms with Crippen molar-refractivity contribution >= 4 is 26.0 Å². The van der Waals surface area contributed by atoms with Crippen LogP contribution in [-0.4, -0.2) is 41.6 Å². The van der Waals surface area contributed by atoms with E-state index in [2.05, 4.69) is 4.90 Å². The molecular formula is C19H18ClN3O3S. The average Bonchev–Trinajstić information content (AvgIpc) is 3.48. The molecule has 0 N–H and O–H groups in total. The molecular weight excluding hydrogens is 386 g/mol. The van der Waals surface area contributed by atoms with Crippen LogP contribution in [0.2, 0.25) is 0 Å². The number of hydrogen-bond acceptors (Lipinski definition) is 4. The van der Waals surface area contributed by atoms with E-state index in [-0.39, 0.29) is 0 Å². The minimum Gasteiger partial charge on any atom is -0.295 e. The largest absolute Gasteiger partial charge is 0.338 e. The van der Waals surface area contributed by atoms with Crippen LogP contribution in [0.25, 0.3) is 0 Å². The molecule has 5 rings (SSSR count).